The fraction of sp³-hybridized carbons (Fsp3) is 0.538. The topological polar surface area (TPSA) is 44.5 Å². The van der Waals surface area contributed by atoms with E-state index in [0.29, 0.717) is 5.25 Å². The zero-order valence-corrected chi connectivity index (χ0v) is 12.4. The highest BCUT2D eigenvalue weighted by Crippen LogP contribution is 2.37. The van der Waals surface area contributed by atoms with Gasteiger partial charge in [0.15, 0.2) is 0 Å². The molecule has 0 aliphatic carbocycles. The van der Waals surface area contributed by atoms with Crippen LogP contribution in [-0.2, 0) is 0 Å². The predicted molar refractivity (Wildman–Crippen MR) is 80.0 cm³/mol. The van der Waals surface area contributed by atoms with Crippen LogP contribution in [0.15, 0.2) is 18.2 Å². The first-order valence-electron chi connectivity index (χ1n) is 5.93. The summed E-state index contributed by atoms with van der Waals surface area (Å²) in [4.78, 5) is 0. The van der Waals surface area contributed by atoms with E-state index in [-0.39, 0.29) is 6.04 Å². The molecular weight excluding hydrogens is 266 g/mol. The lowest BCUT2D eigenvalue weighted by Crippen LogP contribution is -2.29. The van der Waals surface area contributed by atoms with Crippen LogP contribution in [0.25, 0.3) is 0 Å². The Bertz CT molecular complexity index is 395. The van der Waals surface area contributed by atoms with Gasteiger partial charge in [-0.1, -0.05) is 0 Å². The van der Waals surface area contributed by atoms with Crippen LogP contribution < -0.4 is 15.2 Å². The molecule has 0 amide bonds. The summed E-state index contributed by atoms with van der Waals surface area (Å²) in [5, 5.41) is 0.449. The summed E-state index contributed by atoms with van der Waals surface area (Å²) < 4.78 is 10.7. The summed E-state index contributed by atoms with van der Waals surface area (Å²) in [5.74, 6) is 5.18. The van der Waals surface area contributed by atoms with Gasteiger partial charge >= 0.3 is 0 Å². The van der Waals surface area contributed by atoms with E-state index in [0.717, 1.165) is 22.8 Å². The van der Waals surface area contributed by atoms with Crippen molar-refractivity contribution in [3.63, 3.8) is 0 Å². The number of benzene rings is 1. The molecule has 1 aliphatic heterocycles. The first-order chi connectivity index (χ1) is 8.76. The van der Waals surface area contributed by atoms with Crippen molar-refractivity contribution in [2.24, 2.45) is 5.73 Å². The molecule has 1 heterocycles. The van der Waals surface area contributed by atoms with Crippen LogP contribution in [0.5, 0.6) is 11.5 Å². The van der Waals surface area contributed by atoms with Crippen LogP contribution in [0.3, 0.4) is 0 Å². The van der Waals surface area contributed by atoms with Gasteiger partial charge in [-0.15, -0.1) is 0 Å². The molecule has 2 N–H and O–H groups in total. The average Bonchev–Trinajstić information content (AvgIpc) is 2.46. The lowest BCUT2D eigenvalue weighted by Gasteiger charge is -2.28. The number of methoxy groups -OCH3 is 2. The summed E-state index contributed by atoms with van der Waals surface area (Å²) in [7, 11) is 3.35. The second kappa shape index (κ2) is 6.59. The van der Waals surface area contributed by atoms with Crippen molar-refractivity contribution in [2.45, 2.75) is 11.3 Å². The van der Waals surface area contributed by atoms with E-state index in [1.807, 2.05) is 41.7 Å². The van der Waals surface area contributed by atoms with Crippen molar-refractivity contribution in [2.75, 3.05) is 31.5 Å². The Kier molecular flexibility index (Phi) is 5.09. The Labute approximate surface area is 117 Å². The third kappa shape index (κ3) is 3.08. The van der Waals surface area contributed by atoms with E-state index < -0.39 is 0 Å². The van der Waals surface area contributed by atoms with Gasteiger partial charge in [-0.3, -0.25) is 0 Å². The molecule has 1 aliphatic rings. The molecule has 18 heavy (non-hydrogen) atoms. The average molecular weight is 285 g/mol. The van der Waals surface area contributed by atoms with Gasteiger partial charge in [0.25, 0.3) is 0 Å². The number of thioether (sulfide) groups is 2. The Morgan fingerprint density at radius 2 is 2.11 bits per heavy atom. The molecule has 0 aromatic heterocycles. The Morgan fingerprint density at radius 1 is 1.28 bits per heavy atom. The Morgan fingerprint density at radius 3 is 2.72 bits per heavy atom. The number of hydrogen-bond acceptors (Lipinski definition) is 5. The molecule has 5 heteroatoms. The summed E-state index contributed by atoms with van der Waals surface area (Å²) in [5.41, 5.74) is 7.44. The van der Waals surface area contributed by atoms with E-state index in [1.54, 1.807) is 14.2 Å². The maximum Gasteiger partial charge on any atom is 0.123 e. The Hall–Kier alpha value is -0.520. The molecule has 0 radical (unpaired) electrons. The molecule has 0 spiro atoms. The molecule has 2 rings (SSSR count). The molecule has 100 valence electrons. The normalized spacial score (nSPS) is 21.4. The van der Waals surface area contributed by atoms with Crippen LogP contribution >= 0.6 is 23.5 Å². The third-order valence-corrected chi connectivity index (χ3v) is 5.92. The van der Waals surface area contributed by atoms with E-state index in [9.17, 15) is 0 Å². The fourth-order valence-electron chi connectivity index (χ4n) is 2.01. The first kappa shape index (κ1) is 13.9. The fourth-order valence-corrected chi connectivity index (χ4v) is 4.81. The molecule has 2 unspecified atom stereocenters. The van der Waals surface area contributed by atoms with Crippen molar-refractivity contribution in [1.82, 2.24) is 0 Å². The largest absolute Gasteiger partial charge is 0.497 e. The second-order valence-corrected chi connectivity index (χ2v) is 6.61. The molecule has 1 fully saturated rings. The van der Waals surface area contributed by atoms with Gasteiger partial charge in [0.1, 0.15) is 11.5 Å². The molecular formula is C13H19NO2S2. The van der Waals surface area contributed by atoms with Gasteiger partial charge in [0.2, 0.25) is 0 Å². The van der Waals surface area contributed by atoms with Gasteiger partial charge < -0.3 is 15.2 Å². The van der Waals surface area contributed by atoms with E-state index in [2.05, 4.69) is 0 Å². The highest BCUT2D eigenvalue weighted by Gasteiger charge is 2.25. The zero-order chi connectivity index (χ0) is 13.0. The third-order valence-electron chi connectivity index (χ3n) is 3.04. The van der Waals surface area contributed by atoms with Crippen LogP contribution in [0, 0.1) is 0 Å². The van der Waals surface area contributed by atoms with Gasteiger partial charge in [0.05, 0.1) is 14.2 Å². The van der Waals surface area contributed by atoms with E-state index in [1.165, 1.54) is 11.5 Å². The van der Waals surface area contributed by atoms with E-state index >= 15 is 0 Å². The lowest BCUT2D eigenvalue weighted by atomic mass is 10.0. The zero-order valence-electron chi connectivity index (χ0n) is 10.7. The van der Waals surface area contributed by atoms with Gasteiger partial charge in [-0.05, 0) is 18.2 Å². The number of hydrogen-bond donors (Lipinski definition) is 1. The minimum Gasteiger partial charge on any atom is -0.497 e. The highest BCUT2D eigenvalue weighted by atomic mass is 32.2. The molecule has 1 aromatic rings. The highest BCUT2D eigenvalue weighted by molar-refractivity contribution is 8.06. The summed E-state index contributed by atoms with van der Waals surface area (Å²) in [6.45, 7) is 0. The predicted octanol–water partition coefficient (Wildman–Crippen LogP) is 2.55. The minimum absolute atomic E-state index is 0.00662. The van der Waals surface area contributed by atoms with Gasteiger partial charge in [0, 0.05) is 34.1 Å². The van der Waals surface area contributed by atoms with Crippen LogP contribution in [0.4, 0.5) is 0 Å². The quantitative estimate of drug-likeness (QED) is 0.921. The minimum atomic E-state index is -0.00662. The molecule has 3 nitrogen and oxygen atoms in total. The molecule has 2 atom stereocenters. The first-order valence-corrected chi connectivity index (χ1v) is 8.13. The molecule has 1 saturated heterocycles. The molecule has 0 bridgehead atoms. The van der Waals surface area contributed by atoms with Crippen LogP contribution in [-0.4, -0.2) is 36.7 Å². The summed E-state index contributed by atoms with van der Waals surface area (Å²) in [6, 6.07) is 5.81. The van der Waals surface area contributed by atoms with Crippen molar-refractivity contribution in [1.29, 1.82) is 0 Å². The van der Waals surface area contributed by atoms with Gasteiger partial charge in [-0.2, -0.15) is 23.5 Å². The Balaban J connectivity index is 2.23. The van der Waals surface area contributed by atoms with Crippen LogP contribution in [0.1, 0.15) is 11.6 Å². The van der Waals surface area contributed by atoms with Crippen molar-refractivity contribution in [3.05, 3.63) is 23.8 Å². The lowest BCUT2D eigenvalue weighted by molar-refractivity contribution is 0.395. The van der Waals surface area contributed by atoms with Crippen molar-refractivity contribution >= 4 is 23.5 Å². The SMILES string of the molecule is COc1ccc(OC)c(C(N)C2CSCCS2)c1. The number of ether oxygens (including phenoxy) is 2. The standard InChI is InChI=1S/C13H19NO2S2/c1-15-9-3-4-11(16-2)10(7-9)13(14)12-8-17-5-6-18-12/h3-4,7,12-13H,5-6,8,14H2,1-2H3. The summed E-state index contributed by atoms with van der Waals surface area (Å²) in [6.07, 6.45) is 0. The van der Waals surface area contributed by atoms with E-state index in [4.69, 9.17) is 15.2 Å². The maximum atomic E-state index is 6.40. The van der Waals surface area contributed by atoms with Crippen molar-refractivity contribution < 1.29 is 9.47 Å². The molecule has 0 saturated carbocycles. The second-order valence-electron chi connectivity index (χ2n) is 4.12. The summed E-state index contributed by atoms with van der Waals surface area (Å²) >= 11 is 3.93. The molecule has 1 aromatic carbocycles. The number of rotatable bonds is 4. The maximum absolute atomic E-state index is 6.40. The van der Waals surface area contributed by atoms with Gasteiger partial charge in [-0.25, -0.2) is 0 Å². The van der Waals surface area contributed by atoms with Crippen LogP contribution in [0.2, 0.25) is 0 Å². The van der Waals surface area contributed by atoms with Crippen molar-refractivity contribution in [3.8, 4) is 11.5 Å². The smallest absolute Gasteiger partial charge is 0.123 e. The monoisotopic (exact) mass is 285 g/mol. The number of nitrogens with two attached hydrogens (primary N) is 1.